The van der Waals surface area contributed by atoms with Gasteiger partial charge in [0.1, 0.15) is 0 Å². The smallest absolute Gasteiger partial charge is 0.174 e. The van der Waals surface area contributed by atoms with Crippen LogP contribution >= 0.6 is 0 Å². The third-order valence-corrected chi connectivity index (χ3v) is 4.69. The van der Waals surface area contributed by atoms with Crippen LogP contribution in [0.5, 0.6) is 0 Å². The van der Waals surface area contributed by atoms with Crippen molar-refractivity contribution >= 4 is 0 Å². The fourth-order valence-corrected chi connectivity index (χ4v) is 3.96. The highest BCUT2D eigenvalue weighted by atomic mass is 16.7. The van der Waals surface area contributed by atoms with Gasteiger partial charge in [-0.3, -0.25) is 0 Å². The molecule has 16 heavy (non-hydrogen) atoms. The second kappa shape index (κ2) is 3.97. The van der Waals surface area contributed by atoms with E-state index in [1.165, 1.54) is 12.8 Å². The monoisotopic (exact) mass is 226 g/mol. The second-order valence-electron chi connectivity index (χ2n) is 5.62. The van der Waals surface area contributed by atoms with Gasteiger partial charge in [0.05, 0.1) is 18.8 Å². The lowest BCUT2D eigenvalue weighted by atomic mass is 9.69. The summed E-state index contributed by atoms with van der Waals surface area (Å²) in [7, 11) is 0. The predicted octanol–water partition coefficient (Wildman–Crippen LogP) is 2.22. The van der Waals surface area contributed by atoms with Crippen LogP contribution in [0.2, 0.25) is 0 Å². The van der Waals surface area contributed by atoms with Gasteiger partial charge in [-0.25, -0.2) is 0 Å². The highest BCUT2D eigenvalue weighted by Gasteiger charge is 2.56. The van der Waals surface area contributed by atoms with Gasteiger partial charge in [0, 0.05) is 12.3 Å². The van der Waals surface area contributed by atoms with Crippen molar-refractivity contribution in [1.29, 1.82) is 0 Å². The molecule has 1 spiro atoms. The largest absolute Gasteiger partial charge is 0.389 e. The lowest BCUT2D eigenvalue weighted by Crippen LogP contribution is -2.55. The average molecular weight is 226 g/mol. The van der Waals surface area contributed by atoms with Crippen LogP contribution in [-0.2, 0) is 9.47 Å². The topological polar surface area (TPSA) is 38.7 Å². The fourth-order valence-electron chi connectivity index (χ4n) is 3.96. The zero-order valence-electron chi connectivity index (χ0n) is 9.91. The van der Waals surface area contributed by atoms with Crippen molar-refractivity contribution < 1.29 is 14.6 Å². The highest BCUT2D eigenvalue weighted by Crippen LogP contribution is 2.51. The number of ether oxygens (including phenoxy) is 2. The van der Waals surface area contributed by atoms with Gasteiger partial charge in [0.25, 0.3) is 0 Å². The van der Waals surface area contributed by atoms with Crippen LogP contribution in [0.4, 0.5) is 0 Å². The summed E-state index contributed by atoms with van der Waals surface area (Å²) < 4.78 is 11.8. The normalized spacial score (nSPS) is 42.9. The van der Waals surface area contributed by atoms with E-state index >= 15 is 0 Å². The molecular weight excluding hydrogens is 204 g/mol. The van der Waals surface area contributed by atoms with Gasteiger partial charge < -0.3 is 14.6 Å². The van der Waals surface area contributed by atoms with Crippen molar-refractivity contribution in [2.24, 2.45) is 5.92 Å². The van der Waals surface area contributed by atoms with Gasteiger partial charge in [0.2, 0.25) is 0 Å². The number of aliphatic hydroxyl groups is 1. The van der Waals surface area contributed by atoms with Gasteiger partial charge in [-0.15, -0.1) is 0 Å². The zero-order valence-corrected chi connectivity index (χ0v) is 9.91. The molecular formula is C13H22O3. The first kappa shape index (κ1) is 11.0. The molecule has 1 saturated heterocycles. The van der Waals surface area contributed by atoms with Crippen molar-refractivity contribution in [3.05, 3.63) is 0 Å². The molecule has 0 amide bonds. The molecule has 1 N–H and O–H groups in total. The van der Waals surface area contributed by atoms with Crippen LogP contribution in [0.15, 0.2) is 0 Å². The second-order valence-corrected chi connectivity index (χ2v) is 5.62. The third-order valence-electron chi connectivity index (χ3n) is 4.69. The maximum absolute atomic E-state index is 10.8. The summed E-state index contributed by atoms with van der Waals surface area (Å²) in [6.07, 6.45) is 8.56. The molecule has 0 aromatic heterocycles. The van der Waals surface area contributed by atoms with Crippen molar-refractivity contribution in [2.75, 3.05) is 13.2 Å². The molecule has 1 heterocycles. The molecule has 0 radical (unpaired) electrons. The SMILES string of the molecule is O[C@]12CCCCC[C@@H]1C1(CCC2)OCCO1. The molecule has 2 atom stereocenters. The first-order valence-electron chi connectivity index (χ1n) is 6.76. The van der Waals surface area contributed by atoms with E-state index in [-0.39, 0.29) is 5.92 Å². The molecule has 3 rings (SSSR count). The standard InChI is InChI=1S/C13H22O3/c14-12-6-3-1-2-5-11(12)13(8-4-7-12)15-9-10-16-13/h11,14H,1-10H2/t11-,12-/m0/s1. The van der Waals surface area contributed by atoms with Crippen molar-refractivity contribution in [3.63, 3.8) is 0 Å². The highest BCUT2D eigenvalue weighted by molar-refractivity contribution is 5.01. The Labute approximate surface area is 97.1 Å². The summed E-state index contributed by atoms with van der Waals surface area (Å²) in [6.45, 7) is 1.40. The Bertz CT molecular complexity index is 260. The minimum Gasteiger partial charge on any atom is -0.389 e. The van der Waals surface area contributed by atoms with Gasteiger partial charge in [-0.1, -0.05) is 19.3 Å². The molecule has 0 aromatic rings. The average Bonchev–Trinajstić information content (AvgIpc) is 2.61. The molecule has 3 aliphatic rings. The molecule has 1 aliphatic heterocycles. The van der Waals surface area contributed by atoms with Crippen LogP contribution in [-0.4, -0.2) is 29.7 Å². The van der Waals surface area contributed by atoms with Gasteiger partial charge >= 0.3 is 0 Å². The van der Waals surface area contributed by atoms with E-state index < -0.39 is 11.4 Å². The molecule has 2 saturated carbocycles. The molecule has 3 nitrogen and oxygen atoms in total. The molecule has 3 fully saturated rings. The van der Waals surface area contributed by atoms with E-state index in [0.29, 0.717) is 13.2 Å². The predicted molar refractivity (Wildman–Crippen MR) is 60.0 cm³/mol. The summed E-state index contributed by atoms with van der Waals surface area (Å²) in [5.41, 5.74) is -0.515. The fraction of sp³-hybridized carbons (Fsp3) is 1.00. The minimum atomic E-state index is -0.515. The quantitative estimate of drug-likeness (QED) is 0.688. The molecule has 0 aromatic carbocycles. The van der Waals surface area contributed by atoms with E-state index in [1.807, 2.05) is 0 Å². The van der Waals surface area contributed by atoms with Crippen LogP contribution in [0.1, 0.15) is 51.4 Å². The number of rotatable bonds is 0. The van der Waals surface area contributed by atoms with E-state index in [4.69, 9.17) is 9.47 Å². The first-order valence-corrected chi connectivity index (χ1v) is 6.76. The van der Waals surface area contributed by atoms with Crippen LogP contribution in [0.3, 0.4) is 0 Å². The Morgan fingerprint density at radius 2 is 1.62 bits per heavy atom. The third kappa shape index (κ3) is 1.60. The minimum absolute atomic E-state index is 0.207. The maximum atomic E-state index is 10.8. The Morgan fingerprint density at radius 3 is 2.44 bits per heavy atom. The molecule has 0 unspecified atom stereocenters. The van der Waals surface area contributed by atoms with E-state index in [0.717, 1.165) is 38.5 Å². The Morgan fingerprint density at radius 1 is 0.875 bits per heavy atom. The van der Waals surface area contributed by atoms with E-state index in [1.54, 1.807) is 0 Å². The van der Waals surface area contributed by atoms with Crippen LogP contribution < -0.4 is 0 Å². The Kier molecular flexibility index (Phi) is 2.73. The lowest BCUT2D eigenvalue weighted by Gasteiger charge is -2.48. The Balaban J connectivity index is 1.89. The number of hydrogen-bond donors (Lipinski definition) is 1. The lowest BCUT2D eigenvalue weighted by molar-refractivity contribution is -0.263. The molecule has 92 valence electrons. The molecule has 2 aliphatic carbocycles. The summed E-state index contributed by atoms with van der Waals surface area (Å²) in [5.74, 6) is -0.226. The number of fused-ring (bicyclic) bond motifs is 2. The van der Waals surface area contributed by atoms with E-state index in [9.17, 15) is 5.11 Å². The summed E-state index contributed by atoms with van der Waals surface area (Å²) in [6, 6.07) is 0. The summed E-state index contributed by atoms with van der Waals surface area (Å²) in [5, 5.41) is 10.8. The van der Waals surface area contributed by atoms with Gasteiger partial charge in [-0.2, -0.15) is 0 Å². The van der Waals surface area contributed by atoms with Gasteiger partial charge in [0.15, 0.2) is 5.79 Å². The zero-order chi connectivity index (χ0) is 11.1. The molecule has 3 heteroatoms. The van der Waals surface area contributed by atoms with Gasteiger partial charge in [-0.05, 0) is 25.7 Å². The Hall–Kier alpha value is -0.120. The van der Waals surface area contributed by atoms with E-state index in [2.05, 4.69) is 0 Å². The van der Waals surface area contributed by atoms with Crippen molar-refractivity contribution in [2.45, 2.75) is 62.8 Å². The van der Waals surface area contributed by atoms with Crippen molar-refractivity contribution in [3.8, 4) is 0 Å². The maximum Gasteiger partial charge on any atom is 0.174 e. The summed E-state index contributed by atoms with van der Waals surface area (Å²) in [4.78, 5) is 0. The molecule has 0 bridgehead atoms. The van der Waals surface area contributed by atoms with Crippen LogP contribution in [0, 0.1) is 5.92 Å². The summed E-state index contributed by atoms with van der Waals surface area (Å²) >= 11 is 0. The first-order chi connectivity index (χ1) is 7.75. The van der Waals surface area contributed by atoms with Crippen LogP contribution in [0.25, 0.3) is 0 Å². The number of hydrogen-bond acceptors (Lipinski definition) is 3. The van der Waals surface area contributed by atoms with Crippen molar-refractivity contribution in [1.82, 2.24) is 0 Å².